The summed E-state index contributed by atoms with van der Waals surface area (Å²) in [5, 5.41) is 3.75. The van der Waals surface area contributed by atoms with Crippen LogP contribution in [0.3, 0.4) is 0 Å². The number of hydrogen-bond donors (Lipinski definition) is 2. The maximum absolute atomic E-state index is 5.81. The van der Waals surface area contributed by atoms with Crippen molar-refractivity contribution in [3.05, 3.63) is 17.4 Å². The van der Waals surface area contributed by atoms with Crippen LogP contribution in [0.15, 0.2) is 12.3 Å². The van der Waals surface area contributed by atoms with E-state index in [1.165, 1.54) is 12.8 Å². The standard InChI is InChI=1S/C10H14ClN3/c1-6-4-7(5-6)14-8-2-3-13-10(11)9(8)12/h2-3,6-7H,4-5,12H2,1H3,(H,13,14). The summed E-state index contributed by atoms with van der Waals surface area (Å²) in [6.45, 7) is 2.25. The Bertz CT molecular complexity index is 334. The zero-order chi connectivity index (χ0) is 10.1. The Kier molecular flexibility index (Phi) is 2.50. The van der Waals surface area contributed by atoms with Crippen molar-refractivity contribution in [3.63, 3.8) is 0 Å². The summed E-state index contributed by atoms with van der Waals surface area (Å²) in [6.07, 6.45) is 4.09. The number of aromatic nitrogens is 1. The van der Waals surface area contributed by atoms with Crippen molar-refractivity contribution in [2.75, 3.05) is 11.1 Å². The SMILES string of the molecule is CC1CC(Nc2ccnc(Cl)c2N)C1. The molecule has 0 amide bonds. The van der Waals surface area contributed by atoms with Crippen LogP contribution in [0.4, 0.5) is 11.4 Å². The molecule has 1 aliphatic rings. The number of anilines is 2. The third-order valence-corrected chi connectivity index (χ3v) is 2.98. The predicted octanol–water partition coefficient (Wildman–Crippen LogP) is 2.53. The number of halogens is 1. The quantitative estimate of drug-likeness (QED) is 0.740. The molecule has 3 nitrogen and oxygen atoms in total. The van der Waals surface area contributed by atoms with E-state index in [4.69, 9.17) is 17.3 Å². The van der Waals surface area contributed by atoms with Gasteiger partial charge in [-0.05, 0) is 24.8 Å². The maximum Gasteiger partial charge on any atom is 0.153 e. The van der Waals surface area contributed by atoms with Gasteiger partial charge >= 0.3 is 0 Å². The fraction of sp³-hybridized carbons (Fsp3) is 0.500. The molecule has 3 N–H and O–H groups in total. The van der Waals surface area contributed by atoms with Gasteiger partial charge in [0.15, 0.2) is 5.15 Å². The molecule has 1 fully saturated rings. The van der Waals surface area contributed by atoms with Gasteiger partial charge in [-0.1, -0.05) is 18.5 Å². The lowest BCUT2D eigenvalue weighted by molar-refractivity contribution is 0.309. The fourth-order valence-electron chi connectivity index (χ4n) is 1.81. The van der Waals surface area contributed by atoms with Crippen molar-refractivity contribution in [1.82, 2.24) is 4.98 Å². The monoisotopic (exact) mass is 211 g/mol. The average molecular weight is 212 g/mol. The Balaban J connectivity index is 2.06. The van der Waals surface area contributed by atoms with Crippen LogP contribution in [-0.4, -0.2) is 11.0 Å². The van der Waals surface area contributed by atoms with E-state index in [2.05, 4.69) is 17.2 Å². The van der Waals surface area contributed by atoms with Gasteiger partial charge in [-0.15, -0.1) is 0 Å². The van der Waals surface area contributed by atoms with Gasteiger partial charge in [-0.2, -0.15) is 0 Å². The molecule has 0 spiro atoms. The van der Waals surface area contributed by atoms with Crippen molar-refractivity contribution in [1.29, 1.82) is 0 Å². The van der Waals surface area contributed by atoms with E-state index in [1.54, 1.807) is 6.20 Å². The number of hydrogen-bond acceptors (Lipinski definition) is 3. The van der Waals surface area contributed by atoms with Crippen LogP contribution < -0.4 is 11.1 Å². The number of pyridine rings is 1. The molecule has 1 heterocycles. The summed E-state index contributed by atoms with van der Waals surface area (Å²) in [6, 6.07) is 2.41. The van der Waals surface area contributed by atoms with Crippen molar-refractivity contribution in [2.24, 2.45) is 5.92 Å². The molecule has 1 saturated carbocycles. The molecular formula is C10H14ClN3. The first kappa shape index (κ1) is 9.59. The van der Waals surface area contributed by atoms with Crippen LogP contribution in [0.5, 0.6) is 0 Å². The highest BCUT2D eigenvalue weighted by Crippen LogP contribution is 2.32. The van der Waals surface area contributed by atoms with Gasteiger partial charge in [0.25, 0.3) is 0 Å². The Morgan fingerprint density at radius 2 is 2.29 bits per heavy atom. The van der Waals surface area contributed by atoms with Crippen LogP contribution in [0.25, 0.3) is 0 Å². The summed E-state index contributed by atoms with van der Waals surface area (Å²) >= 11 is 5.81. The number of nitrogens with two attached hydrogens (primary N) is 1. The van der Waals surface area contributed by atoms with Gasteiger partial charge < -0.3 is 11.1 Å². The van der Waals surface area contributed by atoms with Crippen LogP contribution >= 0.6 is 11.6 Å². The number of rotatable bonds is 2. The molecule has 0 bridgehead atoms. The minimum atomic E-state index is 0.377. The highest BCUT2D eigenvalue weighted by molar-refractivity contribution is 6.32. The zero-order valence-corrected chi connectivity index (χ0v) is 8.88. The lowest BCUT2D eigenvalue weighted by atomic mass is 9.82. The Hall–Kier alpha value is -0.960. The highest BCUT2D eigenvalue weighted by Gasteiger charge is 2.25. The van der Waals surface area contributed by atoms with Crippen molar-refractivity contribution in [3.8, 4) is 0 Å². The first-order valence-electron chi connectivity index (χ1n) is 4.83. The summed E-state index contributed by atoms with van der Waals surface area (Å²) in [4.78, 5) is 3.91. The Labute approximate surface area is 88.7 Å². The molecule has 76 valence electrons. The third-order valence-electron chi connectivity index (χ3n) is 2.67. The smallest absolute Gasteiger partial charge is 0.153 e. The molecule has 14 heavy (non-hydrogen) atoms. The van der Waals surface area contributed by atoms with Gasteiger partial charge in [0.05, 0.1) is 11.4 Å². The van der Waals surface area contributed by atoms with E-state index in [1.807, 2.05) is 6.07 Å². The second-order valence-corrected chi connectivity index (χ2v) is 4.34. The van der Waals surface area contributed by atoms with Crippen molar-refractivity contribution >= 4 is 23.0 Å². The van der Waals surface area contributed by atoms with E-state index in [-0.39, 0.29) is 0 Å². The maximum atomic E-state index is 5.81. The fourth-order valence-corrected chi connectivity index (χ4v) is 1.97. The molecule has 1 aromatic rings. The second kappa shape index (κ2) is 3.65. The van der Waals surface area contributed by atoms with Gasteiger partial charge in [-0.3, -0.25) is 0 Å². The molecule has 0 aromatic carbocycles. The number of nitrogens with zero attached hydrogens (tertiary/aromatic N) is 1. The van der Waals surface area contributed by atoms with E-state index in [9.17, 15) is 0 Å². The summed E-state index contributed by atoms with van der Waals surface area (Å²) < 4.78 is 0. The van der Waals surface area contributed by atoms with Crippen LogP contribution in [0.2, 0.25) is 5.15 Å². The summed E-state index contributed by atoms with van der Waals surface area (Å²) in [5.74, 6) is 0.825. The normalized spacial score (nSPS) is 25.6. The zero-order valence-electron chi connectivity index (χ0n) is 8.13. The van der Waals surface area contributed by atoms with Gasteiger partial charge in [-0.25, -0.2) is 4.98 Å². The van der Waals surface area contributed by atoms with Crippen LogP contribution in [0.1, 0.15) is 19.8 Å². The lowest BCUT2D eigenvalue weighted by Crippen LogP contribution is -2.34. The van der Waals surface area contributed by atoms with E-state index in [0.717, 1.165) is 11.6 Å². The molecule has 1 aliphatic carbocycles. The minimum Gasteiger partial charge on any atom is -0.395 e. The predicted molar refractivity (Wildman–Crippen MR) is 59.5 cm³/mol. The highest BCUT2D eigenvalue weighted by atomic mass is 35.5. The topological polar surface area (TPSA) is 50.9 Å². The van der Waals surface area contributed by atoms with Gasteiger partial charge in [0, 0.05) is 12.2 Å². The van der Waals surface area contributed by atoms with E-state index in [0.29, 0.717) is 16.9 Å². The molecule has 0 atom stereocenters. The third kappa shape index (κ3) is 1.77. The molecule has 2 rings (SSSR count). The molecule has 1 aromatic heterocycles. The van der Waals surface area contributed by atoms with Gasteiger partial charge in [0.1, 0.15) is 0 Å². The number of nitrogen functional groups attached to an aromatic ring is 1. The molecule has 0 saturated heterocycles. The molecule has 4 heteroatoms. The summed E-state index contributed by atoms with van der Waals surface area (Å²) in [7, 11) is 0. The van der Waals surface area contributed by atoms with Crippen molar-refractivity contribution < 1.29 is 0 Å². The largest absolute Gasteiger partial charge is 0.395 e. The molecule has 0 aliphatic heterocycles. The van der Waals surface area contributed by atoms with E-state index >= 15 is 0 Å². The van der Waals surface area contributed by atoms with Gasteiger partial charge in [0.2, 0.25) is 0 Å². The van der Waals surface area contributed by atoms with Crippen LogP contribution in [-0.2, 0) is 0 Å². The molecule has 0 unspecified atom stereocenters. The van der Waals surface area contributed by atoms with Crippen LogP contribution in [0, 0.1) is 5.92 Å². The van der Waals surface area contributed by atoms with E-state index < -0.39 is 0 Å². The minimum absolute atomic E-state index is 0.377. The number of nitrogens with one attached hydrogen (secondary N) is 1. The lowest BCUT2D eigenvalue weighted by Gasteiger charge is -2.34. The average Bonchev–Trinajstić information content (AvgIpc) is 2.10. The second-order valence-electron chi connectivity index (χ2n) is 3.98. The first-order valence-corrected chi connectivity index (χ1v) is 5.21. The molecule has 0 radical (unpaired) electrons. The first-order chi connectivity index (χ1) is 6.66. The Morgan fingerprint density at radius 3 is 2.93 bits per heavy atom. The summed E-state index contributed by atoms with van der Waals surface area (Å²) in [5.41, 5.74) is 7.24. The van der Waals surface area contributed by atoms with Crippen molar-refractivity contribution in [2.45, 2.75) is 25.8 Å². The molecular weight excluding hydrogens is 198 g/mol. The Morgan fingerprint density at radius 1 is 1.57 bits per heavy atom.